The van der Waals surface area contributed by atoms with Crippen molar-refractivity contribution in [3.05, 3.63) is 35.4 Å². The Hall–Kier alpha value is -1.92. The summed E-state index contributed by atoms with van der Waals surface area (Å²) < 4.78 is 5.75. The van der Waals surface area contributed by atoms with Crippen LogP contribution in [0.2, 0.25) is 0 Å². The van der Waals surface area contributed by atoms with E-state index in [1.54, 1.807) is 0 Å². The minimum absolute atomic E-state index is 0.0592. The molecule has 0 radical (unpaired) electrons. The number of piperidine rings is 2. The third kappa shape index (κ3) is 4.70. The van der Waals surface area contributed by atoms with Gasteiger partial charge in [-0.2, -0.15) is 0 Å². The molecule has 3 fully saturated rings. The molecular formula is C24H34N2O4. The van der Waals surface area contributed by atoms with Crippen molar-refractivity contribution in [2.75, 3.05) is 32.7 Å². The van der Waals surface area contributed by atoms with Crippen LogP contribution in [0.4, 0.5) is 0 Å². The molecule has 3 saturated heterocycles. The lowest BCUT2D eigenvalue weighted by Crippen LogP contribution is -2.45. The molecule has 3 aliphatic heterocycles. The molecule has 1 aromatic rings. The summed E-state index contributed by atoms with van der Waals surface area (Å²) in [5, 5.41) is 9.67. The van der Waals surface area contributed by atoms with Crippen LogP contribution in [0.15, 0.2) is 24.3 Å². The number of carbonyl (C=O) groups excluding carboxylic acids is 2. The molecule has 0 aliphatic carbocycles. The first-order chi connectivity index (χ1) is 14.4. The van der Waals surface area contributed by atoms with E-state index in [9.17, 15) is 14.7 Å². The van der Waals surface area contributed by atoms with Gasteiger partial charge in [0.25, 0.3) is 0 Å². The first-order valence-electron chi connectivity index (χ1n) is 11.4. The van der Waals surface area contributed by atoms with E-state index in [4.69, 9.17) is 4.74 Å². The minimum atomic E-state index is -0.410. The molecule has 0 saturated carbocycles. The van der Waals surface area contributed by atoms with E-state index < -0.39 is 5.41 Å². The van der Waals surface area contributed by atoms with Gasteiger partial charge in [-0.25, -0.2) is 0 Å². The highest BCUT2D eigenvalue weighted by Crippen LogP contribution is 2.43. The lowest BCUT2D eigenvalue weighted by Gasteiger charge is -2.37. The van der Waals surface area contributed by atoms with Gasteiger partial charge in [0, 0.05) is 45.6 Å². The maximum Gasteiger partial charge on any atom is 0.312 e. The largest absolute Gasteiger partial charge is 0.461 e. The highest BCUT2D eigenvalue weighted by Gasteiger charge is 2.51. The molecule has 3 heterocycles. The maximum atomic E-state index is 12.7. The number of rotatable bonds is 5. The summed E-state index contributed by atoms with van der Waals surface area (Å²) in [7, 11) is 0. The van der Waals surface area contributed by atoms with Crippen LogP contribution in [0.5, 0.6) is 0 Å². The Morgan fingerprint density at radius 2 is 1.87 bits per heavy atom. The molecule has 1 unspecified atom stereocenters. The lowest BCUT2D eigenvalue weighted by atomic mass is 9.76. The second kappa shape index (κ2) is 9.06. The van der Waals surface area contributed by atoms with E-state index in [1.807, 2.05) is 17.0 Å². The monoisotopic (exact) mass is 414 g/mol. The zero-order valence-electron chi connectivity index (χ0n) is 18.0. The number of ether oxygens (including phenoxy) is 1. The molecule has 1 amide bonds. The van der Waals surface area contributed by atoms with Gasteiger partial charge in [-0.3, -0.25) is 14.5 Å². The molecular weight excluding hydrogens is 380 g/mol. The summed E-state index contributed by atoms with van der Waals surface area (Å²) >= 11 is 0. The molecule has 3 aliphatic rings. The molecule has 0 bridgehead atoms. The molecule has 6 heteroatoms. The first-order valence-corrected chi connectivity index (χ1v) is 11.4. The van der Waals surface area contributed by atoms with Gasteiger partial charge >= 0.3 is 5.97 Å². The van der Waals surface area contributed by atoms with Crippen molar-refractivity contribution < 1.29 is 19.4 Å². The van der Waals surface area contributed by atoms with E-state index in [2.05, 4.69) is 24.0 Å². The van der Waals surface area contributed by atoms with Crippen LogP contribution >= 0.6 is 0 Å². The maximum absolute atomic E-state index is 12.7. The number of carbonyl (C=O) groups is 2. The summed E-state index contributed by atoms with van der Waals surface area (Å²) in [6.45, 7) is 5.86. The molecule has 4 rings (SSSR count). The van der Waals surface area contributed by atoms with Crippen molar-refractivity contribution in [3.63, 3.8) is 0 Å². The number of nitrogens with zero attached hydrogens (tertiary/aromatic N) is 2. The van der Waals surface area contributed by atoms with Gasteiger partial charge < -0.3 is 14.7 Å². The molecule has 6 nitrogen and oxygen atoms in total. The fraction of sp³-hybridized carbons (Fsp3) is 0.667. The van der Waals surface area contributed by atoms with E-state index in [0.717, 1.165) is 45.3 Å². The standard InChI is InChI=1S/C24H34N2O4/c1-18-4-2-3-5-19(18)6-7-22(28)26-14-10-24(11-15-26)16-21(30-23(24)29)17-25-12-8-20(27)9-13-25/h2-5,20-21,27H,6-17H2,1H3. The zero-order chi connectivity index (χ0) is 21.1. The van der Waals surface area contributed by atoms with Gasteiger partial charge in [-0.15, -0.1) is 0 Å². The number of benzene rings is 1. The molecule has 0 aromatic heterocycles. The average molecular weight is 415 g/mol. The molecule has 1 aromatic carbocycles. The number of hydrogen-bond acceptors (Lipinski definition) is 5. The van der Waals surface area contributed by atoms with Crippen LogP contribution in [-0.4, -0.2) is 71.7 Å². The van der Waals surface area contributed by atoms with Crippen molar-refractivity contribution >= 4 is 11.9 Å². The van der Waals surface area contributed by atoms with Gasteiger partial charge in [0.15, 0.2) is 0 Å². The SMILES string of the molecule is Cc1ccccc1CCC(=O)N1CCC2(CC1)CC(CN1CCC(O)CC1)OC2=O. The van der Waals surface area contributed by atoms with Gasteiger partial charge in [0.1, 0.15) is 6.10 Å². The van der Waals surface area contributed by atoms with Crippen LogP contribution in [0.3, 0.4) is 0 Å². The highest BCUT2D eigenvalue weighted by molar-refractivity contribution is 5.81. The molecule has 1 atom stereocenters. The summed E-state index contributed by atoms with van der Waals surface area (Å²) in [5.41, 5.74) is 2.05. The van der Waals surface area contributed by atoms with Crippen LogP contribution in [-0.2, 0) is 20.7 Å². The van der Waals surface area contributed by atoms with Crippen LogP contribution in [0, 0.1) is 12.3 Å². The Morgan fingerprint density at radius 3 is 2.57 bits per heavy atom. The number of hydrogen-bond donors (Lipinski definition) is 1. The van der Waals surface area contributed by atoms with Gasteiger partial charge in [0.2, 0.25) is 5.91 Å². The highest BCUT2D eigenvalue weighted by atomic mass is 16.6. The van der Waals surface area contributed by atoms with Crippen molar-refractivity contribution in [1.29, 1.82) is 0 Å². The fourth-order valence-electron chi connectivity index (χ4n) is 5.21. The Bertz CT molecular complexity index is 764. The quantitative estimate of drug-likeness (QED) is 0.749. The normalized spacial score (nSPS) is 24.9. The Morgan fingerprint density at radius 1 is 1.17 bits per heavy atom. The predicted octanol–water partition coefficient (Wildman–Crippen LogP) is 2.31. The van der Waals surface area contributed by atoms with Crippen LogP contribution in [0.25, 0.3) is 0 Å². The molecule has 164 valence electrons. The second-order valence-corrected chi connectivity index (χ2v) is 9.35. The van der Waals surface area contributed by atoms with E-state index in [1.165, 1.54) is 11.1 Å². The van der Waals surface area contributed by atoms with Gasteiger partial charge in [-0.05, 0) is 50.2 Å². The third-order valence-corrected chi connectivity index (χ3v) is 7.29. The Balaban J connectivity index is 1.25. The third-order valence-electron chi connectivity index (χ3n) is 7.29. The number of aliphatic hydroxyl groups is 1. The van der Waals surface area contributed by atoms with Crippen molar-refractivity contribution in [2.24, 2.45) is 5.41 Å². The number of esters is 1. The van der Waals surface area contributed by atoms with Crippen molar-refractivity contribution in [1.82, 2.24) is 9.80 Å². The predicted molar refractivity (Wildman–Crippen MR) is 114 cm³/mol. The van der Waals surface area contributed by atoms with E-state index in [0.29, 0.717) is 32.4 Å². The number of likely N-dealkylation sites (tertiary alicyclic amines) is 2. The summed E-state index contributed by atoms with van der Waals surface area (Å²) in [4.78, 5) is 29.6. The van der Waals surface area contributed by atoms with Crippen LogP contribution < -0.4 is 0 Å². The minimum Gasteiger partial charge on any atom is -0.461 e. The Labute approximate surface area is 179 Å². The molecule has 1 N–H and O–H groups in total. The zero-order valence-corrected chi connectivity index (χ0v) is 18.0. The van der Waals surface area contributed by atoms with E-state index in [-0.39, 0.29) is 24.1 Å². The lowest BCUT2D eigenvalue weighted by molar-refractivity contribution is -0.153. The molecule has 1 spiro atoms. The summed E-state index contributed by atoms with van der Waals surface area (Å²) in [6, 6.07) is 8.21. The fourth-order valence-corrected chi connectivity index (χ4v) is 5.21. The van der Waals surface area contributed by atoms with Gasteiger partial charge in [-0.1, -0.05) is 24.3 Å². The average Bonchev–Trinajstić information content (AvgIpc) is 3.03. The Kier molecular flexibility index (Phi) is 6.44. The topological polar surface area (TPSA) is 70.1 Å². The van der Waals surface area contributed by atoms with Crippen LogP contribution in [0.1, 0.15) is 49.7 Å². The first kappa shape index (κ1) is 21.3. The number of aliphatic hydroxyl groups excluding tert-OH is 1. The summed E-state index contributed by atoms with van der Waals surface area (Å²) in [5.74, 6) is 0.111. The molecule has 30 heavy (non-hydrogen) atoms. The second-order valence-electron chi connectivity index (χ2n) is 9.35. The van der Waals surface area contributed by atoms with Crippen molar-refractivity contribution in [3.8, 4) is 0 Å². The number of amides is 1. The number of cyclic esters (lactones) is 1. The van der Waals surface area contributed by atoms with Crippen molar-refractivity contribution in [2.45, 2.75) is 64.1 Å². The van der Waals surface area contributed by atoms with Gasteiger partial charge in [0.05, 0.1) is 11.5 Å². The summed E-state index contributed by atoms with van der Waals surface area (Å²) in [6.07, 6.45) is 4.80. The number of aryl methyl sites for hydroxylation is 2. The van der Waals surface area contributed by atoms with E-state index >= 15 is 0 Å². The smallest absolute Gasteiger partial charge is 0.312 e.